The summed E-state index contributed by atoms with van der Waals surface area (Å²) in [5, 5.41) is 6.48. The van der Waals surface area contributed by atoms with Crippen LogP contribution < -0.4 is 10.6 Å². The van der Waals surface area contributed by atoms with Gasteiger partial charge in [0, 0.05) is 35.8 Å². The molecule has 2 unspecified atom stereocenters. The summed E-state index contributed by atoms with van der Waals surface area (Å²) in [7, 11) is 0. The van der Waals surface area contributed by atoms with Crippen LogP contribution >= 0.6 is 0 Å². The van der Waals surface area contributed by atoms with Gasteiger partial charge in [-0.1, -0.05) is 25.3 Å². The lowest BCUT2D eigenvalue weighted by Crippen LogP contribution is -2.42. The highest BCUT2D eigenvalue weighted by atomic mass is 16.2. The van der Waals surface area contributed by atoms with Gasteiger partial charge in [-0.25, -0.2) is 0 Å². The standard InChI is InChI=1S/C21H29N3O2/c25-20(15-5-2-1-3-6-15)23-17-8-4-7-16(13-17)21(26)24-18-9-10-19(24)14-22-12-11-18/h4,7-8,13,15,18-19,22H,1-3,5-6,9-12,14H2,(H,23,25). The van der Waals surface area contributed by atoms with E-state index in [9.17, 15) is 9.59 Å². The zero-order valence-corrected chi connectivity index (χ0v) is 15.4. The maximum absolute atomic E-state index is 13.1. The Morgan fingerprint density at radius 1 is 1.00 bits per heavy atom. The predicted octanol–water partition coefficient (Wildman–Crippen LogP) is 3.17. The molecule has 1 aromatic rings. The maximum atomic E-state index is 13.1. The second-order valence-electron chi connectivity index (χ2n) is 8.00. The molecule has 2 saturated heterocycles. The monoisotopic (exact) mass is 355 g/mol. The Labute approximate surface area is 155 Å². The fourth-order valence-corrected chi connectivity index (χ4v) is 4.80. The van der Waals surface area contributed by atoms with Crippen LogP contribution in [0.1, 0.15) is 61.7 Å². The van der Waals surface area contributed by atoms with Crippen LogP contribution in [-0.4, -0.2) is 41.9 Å². The molecule has 1 aliphatic carbocycles. The molecular weight excluding hydrogens is 326 g/mol. The second-order valence-corrected chi connectivity index (χ2v) is 8.00. The van der Waals surface area contributed by atoms with E-state index in [-0.39, 0.29) is 17.7 Å². The van der Waals surface area contributed by atoms with Gasteiger partial charge in [0.15, 0.2) is 0 Å². The number of carbonyl (C=O) groups is 2. The third-order valence-electron chi connectivity index (χ3n) is 6.24. The molecule has 2 amide bonds. The van der Waals surface area contributed by atoms with Crippen LogP contribution in [0.25, 0.3) is 0 Å². The first kappa shape index (κ1) is 17.5. The molecule has 0 spiro atoms. The van der Waals surface area contributed by atoms with Crippen LogP contribution in [0.5, 0.6) is 0 Å². The average molecular weight is 355 g/mol. The lowest BCUT2D eigenvalue weighted by molar-refractivity contribution is -0.120. The smallest absolute Gasteiger partial charge is 0.254 e. The van der Waals surface area contributed by atoms with Crippen molar-refractivity contribution in [2.24, 2.45) is 5.92 Å². The minimum atomic E-state index is 0.105. The molecule has 2 atom stereocenters. The largest absolute Gasteiger partial charge is 0.331 e. The summed E-state index contributed by atoms with van der Waals surface area (Å²) in [5.41, 5.74) is 1.43. The Balaban J connectivity index is 1.46. The number of anilines is 1. The van der Waals surface area contributed by atoms with E-state index in [0.29, 0.717) is 17.6 Å². The van der Waals surface area contributed by atoms with E-state index in [1.807, 2.05) is 24.3 Å². The SMILES string of the molecule is O=C(Nc1cccc(C(=O)N2C3CCNCC2CC3)c1)C1CCCCC1. The fraction of sp³-hybridized carbons (Fsp3) is 0.619. The van der Waals surface area contributed by atoms with Crippen molar-refractivity contribution in [3.05, 3.63) is 29.8 Å². The first-order chi connectivity index (χ1) is 12.7. The minimum absolute atomic E-state index is 0.105. The molecule has 2 heterocycles. The molecule has 2 aliphatic heterocycles. The molecule has 5 heteroatoms. The Bertz CT molecular complexity index is 655. The highest BCUT2D eigenvalue weighted by Crippen LogP contribution is 2.30. The molecule has 3 fully saturated rings. The van der Waals surface area contributed by atoms with Crippen LogP contribution in [0, 0.1) is 5.92 Å². The van der Waals surface area contributed by atoms with E-state index in [1.165, 1.54) is 6.42 Å². The van der Waals surface area contributed by atoms with E-state index in [4.69, 9.17) is 0 Å². The molecule has 1 aromatic carbocycles. The molecule has 3 aliphatic rings. The molecule has 5 nitrogen and oxygen atoms in total. The van der Waals surface area contributed by atoms with E-state index in [0.717, 1.165) is 63.7 Å². The second kappa shape index (κ2) is 7.78. The van der Waals surface area contributed by atoms with Crippen molar-refractivity contribution < 1.29 is 9.59 Å². The summed E-state index contributed by atoms with van der Waals surface area (Å²) in [6.07, 6.45) is 8.70. The van der Waals surface area contributed by atoms with Gasteiger partial charge in [0.1, 0.15) is 0 Å². The molecule has 26 heavy (non-hydrogen) atoms. The molecule has 0 aromatic heterocycles. The zero-order valence-electron chi connectivity index (χ0n) is 15.4. The Morgan fingerprint density at radius 2 is 1.81 bits per heavy atom. The van der Waals surface area contributed by atoms with Gasteiger partial charge < -0.3 is 15.5 Å². The van der Waals surface area contributed by atoms with Gasteiger partial charge in [0.25, 0.3) is 5.91 Å². The molecule has 2 bridgehead atoms. The Hall–Kier alpha value is -1.88. The number of benzene rings is 1. The van der Waals surface area contributed by atoms with Crippen LogP contribution in [-0.2, 0) is 4.79 Å². The van der Waals surface area contributed by atoms with Crippen LogP contribution in [0.15, 0.2) is 24.3 Å². The summed E-state index contributed by atoms with van der Waals surface area (Å²) in [6, 6.07) is 8.13. The summed E-state index contributed by atoms with van der Waals surface area (Å²) < 4.78 is 0. The number of hydrogen-bond donors (Lipinski definition) is 2. The molecular formula is C21H29N3O2. The third kappa shape index (κ3) is 3.63. The number of nitrogens with one attached hydrogen (secondary N) is 2. The average Bonchev–Trinajstić information content (AvgIpc) is 2.94. The van der Waals surface area contributed by atoms with Crippen molar-refractivity contribution in [3.63, 3.8) is 0 Å². The number of rotatable bonds is 3. The summed E-state index contributed by atoms with van der Waals surface area (Å²) >= 11 is 0. The van der Waals surface area contributed by atoms with E-state index in [2.05, 4.69) is 15.5 Å². The van der Waals surface area contributed by atoms with Crippen molar-refractivity contribution in [2.45, 2.75) is 63.5 Å². The maximum Gasteiger partial charge on any atom is 0.254 e. The number of hydrogen-bond acceptors (Lipinski definition) is 3. The van der Waals surface area contributed by atoms with Crippen LogP contribution in [0.3, 0.4) is 0 Å². The summed E-state index contributed by atoms with van der Waals surface area (Å²) in [4.78, 5) is 27.7. The van der Waals surface area contributed by atoms with E-state index >= 15 is 0 Å². The zero-order chi connectivity index (χ0) is 17.9. The van der Waals surface area contributed by atoms with Crippen molar-refractivity contribution >= 4 is 17.5 Å². The van der Waals surface area contributed by atoms with Crippen molar-refractivity contribution in [3.8, 4) is 0 Å². The quantitative estimate of drug-likeness (QED) is 0.875. The number of nitrogens with zero attached hydrogens (tertiary/aromatic N) is 1. The Kier molecular flexibility index (Phi) is 5.25. The number of fused-ring (bicyclic) bond motifs is 2. The van der Waals surface area contributed by atoms with Gasteiger partial charge in [-0.2, -0.15) is 0 Å². The van der Waals surface area contributed by atoms with Gasteiger partial charge in [-0.05, 0) is 56.8 Å². The first-order valence-electron chi connectivity index (χ1n) is 10.2. The number of amides is 2. The minimum Gasteiger partial charge on any atom is -0.331 e. The molecule has 4 rings (SSSR count). The van der Waals surface area contributed by atoms with Gasteiger partial charge in [-0.3, -0.25) is 9.59 Å². The third-order valence-corrected chi connectivity index (χ3v) is 6.24. The number of carbonyl (C=O) groups excluding carboxylic acids is 2. The normalized spacial score (nSPS) is 26.4. The molecule has 2 N–H and O–H groups in total. The lowest BCUT2D eigenvalue weighted by Gasteiger charge is -2.28. The lowest BCUT2D eigenvalue weighted by atomic mass is 9.88. The predicted molar refractivity (Wildman–Crippen MR) is 102 cm³/mol. The van der Waals surface area contributed by atoms with Crippen molar-refractivity contribution in [1.82, 2.24) is 10.2 Å². The van der Waals surface area contributed by atoms with E-state index < -0.39 is 0 Å². The summed E-state index contributed by atoms with van der Waals surface area (Å²) in [6.45, 7) is 1.88. The van der Waals surface area contributed by atoms with Gasteiger partial charge >= 0.3 is 0 Å². The van der Waals surface area contributed by atoms with Crippen LogP contribution in [0.4, 0.5) is 5.69 Å². The highest BCUT2D eigenvalue weighted by Gasteiger charge is 2.38. The fourth-order valence-electron chi connectivity index (χ4n) is 4.80. The van der Waals surface area contributed by atoms with Gasteiger partial charge in [-0.15, -0.1) is 0 Å². The first-order valence-corrected chi connectivity index (χ1v) is 10.2. The molecule has 0 radical (unpaired) electrons. The van der Waals surface area contributed by atoms with Crippen LogP contribution in [0.2, 0.25) is 0 Å². The highest BCUT2D eigenvalue weighted by molar-refractivity contribution is 5.98. The Morgan fingerprint density at radius 3 is 2.65 bits per heavy atom. The molecule has 140 valence electrons. The topological polar surface area (TPSA) is 61.4 Å². The van der Waals surface area contributed by atoms with Gasteiger partial charge in [0.2, 0.25) is 5.91 Å². The van der Waals surface area contributed by atoms with Crippen molar-refractivity contribution in [2.75, 3.05) is 18.4 Å². The van der Waals surface area contributed by atoms with E-state index in [1.54, 1.807) is 0 Å². The molecule has 1 saturated carbocycles. The van der Waals surface area contributed by atoms with Gasteiger partial charge in [0.05, 0.1) is 0 Å². The summed E-state index contributed by atoms with van der Waals surface area (Å²) in [5.74, 6) is 0.332. The van der Waals surface area contributed by atoms with Crippen molar-refractivity contribution in [1.29, 1.82) is 0 Å².